The Morgan fingerprint density at radius 1 is 1.27 bits per heavy atom. The van der Waals surface area contributed by atoms with E-state index in [2.05, 4.69) is 42.9 Å². The Morgan fingerprint density at radius 2 is 2.05 bits per heavy atom. The smallest absolute Gasteiger partial charge is 0.141 e. The fourth-order valence-electron chi connectivity index (χ4n) is 3.45. The highest BCUT2D eigenvalue weighted by Gasteiger charge is 2.30. The molecule has 0 bridgehead atoms. The highest BCUT2D eigenvalue weighted by molar-refractivity contribution is 6.32. The number of hydrogen-bond donors (Lipinski definition) is 0. The number of likely N-dealkylation sites (tertiary alicyclic amines) is 1. The van der Waals surface area contributed by atoms with Crippen LogP contribution in [0, 0.1) is 0 Å². The van der Waals surface area contributed by atoms with E-state index < -0.39 is 0 Å². The summed E-state index contributed by atoms with van der Waals surface area (Å²) in [4.78, 5) is 6.97. The van der Waals surface area contributed by atoms with Gasteiger partial charge in [0.15, 0.2) is 0 Å². The summed E-state index contributed by atoms with van der Waals surface area (Å²) in [6, 6.07) is 11.6. The average Bonchev–Trinajstić information content (AvgIpc) is 3.04. The van der Waals surface area contributed by atoms with Gasteiger partial charge in [0.1, 0.15) is 13.6 Å². The van der Waals surface area contributed by atoms with E-state index in [0.29, 0.717) is 12.1 Å². The maximum absolute atomic E-state index is 5.26. The maximum atomic E-state index is 5.26. The molecule has 114 valence electrons. The quantitative estimate of drug-likeness (QED) is 0.809. The van der Waals surface area contributed by atoms with E-state index in [1.165, 1.54) is 29.4 Å². The van der Waals surface area contributed by atoms with Crippen LogP contribution >= 0.6 is 0 Å². The third-order valence-corrected chi connectivity index (χ3v) is 4.67. The minimum Gasteiger partial charge on any atom is -0.497 e. The number of methoxy groups -OCH3 is 1. The van der Waals surface area contributed by atoms with Gasteiger partial charge in [0, 0.05) is 24.5 Å². The number of benzene rings is 1. The molecule has 1 fully saturated rings. The van der Waals surface area contributed by atoms with Crippen LogP contribution in [0.2, 0.25) is 0 Å². The van der Waals surface area contributed by atoms with Crippen molar-refractivity contribution >= 4 is 13.3 Å². The van der Waals surface area contributed by atoms with E-state index in [0.717, 1.165) is 12.3 Å². The van der Waals surface area contributed by atoms with Gasteiger partial charge in [-0.1, -0.05) is 23.7 Å². The molecular weight excluding hydrogens is 271 g/mol. The van der Waals surface area contributed by atoms with Crippen molar-refractivity contribution in [3.63, 3.8) is 0 Å². The largest absolute Gasteiger partial charge is 0.497 e. The average molecular weight is 294 g/mol. The molecule has 0 unspecified atom stereocenters. The first-order chi connectivity index (χ1) is 10.7. The zero-order valence-corrected chi connectivity index (χ0v) is 13.6. The van der Waals surface area contributed by atoms with Crippen LogP contribution in [0.25, 0.3) is 0 Å². The number of pyridine rings is 1. The summed E-state index contributed by atoms with van der Waals surface area (Å²) in [6.07, 6.45) is 6.41. The van der Waals surface area contributed by atoms with Crippen molar-refractivity contribution in [2.24, 2.45) is 0 Å². The van der Waals surface area contributed by atoms with Crippen molar-refractivity contribution in [2.45, 2.75) is 31.8 Å². The second-order valence-corrected chi connectivity index (χ2v) is 6.14. The van der Waals surface area contributed by atoms with Crippen molar-refractivity contribution in [1.82, 2.24) is 9.88 Å². The zero-order valence-electron chi connectivity index (χ0n) is 13.6. The van der Waals surface area contributed by atoms with Gasteiger partial charge in [-0.05, 0) is 49.6 Å². The molecule has 4 heteroatoms. The standard InChI is InChI=1S/C18H23BN2O/c1-13(14-5-7-17(22-2)8-6-14)21-9-3-4-18(21)15-10-16(19)12-20-11-15/h5-8,10-13,18H,3-4,9,19H2,1-2H3/t13-,18+/m1/s1. The number of aromatic nitrogens is 1. The highest BCUT2D eigenvalue weighted by atomic mass is 16.5. The molecule has 3 rings (SSSR count). The molecule has 22 heavy (non-hydrogen) atoms. The van der Waals surface area contributed by atoms with E-state index in [4.69, 9.17) is 4.74 Å². The lowest BCUT2D eigenvalue weighted by atomic mass is 9.94. The Hall–Kier alpha value is -1.81. The highest BCUT2D eigenvalue weighted by Crippen LogP contribution is 2.38. The molecule has 3 nitrogen and oxygen atoms in total. The van der Waals surface area contributed by atoms with E-state index >= 15 is 0 Å². The molecule has 1 aromatic heterocycles. The molecular formula is C18H23BN2O. The summed E-state index contributed by atoms with van der Waals surface area (Å²) in [6.45, 7) is 3.44. The summed E-state index contributed by atoms with van der Waals surface area (Å²) in [5.41, 5.74) is 3.92. The number of ether oxygens (including phenoxy) is 1. The van der Waals surface area contributed by atoms with Gasteiger partial charge in [-0.25, -0.2) is 0 Å². The predicted molar refractivity (Wildman–Crippen MR) is 92.5 cm³/mol. The molecule has 0 amide bonds. The van der Waals surface area contributed by atoms with E-state index in [1.807, 2.05) is 24.5 Å². The minimum atomic E-state index is 0.402. The van der Waals surface area contributed by atoms with Crippen LogP contribution in [0.15, 0.2) is 42.7 Å². The van der Waals surface area contributed by atoms with E-state index in [9.17, 15) is 0 Å². The fraction of sp³-hybridized carbons (Fsp3) is 0.389. The number of nitrogens with zero attached hydrogens (tertiary/aromatic N) is 2. The third-order valence-electron chi connectivity index (χ3n) is 4.67. The lowest BCUT2D eigenvalue weighted by Crippen LogP contribution is -2.27. The molecule has 1 aromatic carbocycles. The molecule has 1 aliphatic heterocycles. The summed E-state index contributed by atoms with van der Waals surface area (Å²) in [7, 11) is 3.82. The van der Waals surface area contributed by atoms with Gasteiger partial charge in [-0.3, -0.25) is 9.88 Å². The van der Waals surface area contributed by atoms with E-state index in [1.54, 1.807) is 7.11 Å². The molecule has 2 heterocycles. The molecule has 0 aliphatic carbocycles. The van der Waals surface area contributed by atoms with Crippen molar-refractivity contribution < 1.29 is 4.74 Å². The van der Waals surface area contributed by atoms with Gasteiger partial charge in [0.25, 0.3) is 0 Å². The Kier molecular flexibility index (Phi) is 4.48. The predicted octanol–water partition coefficient (Wildman–Crippen LogP) is 2.25. The molecule has 1 saturated heterocycles. The van der Waals surface area contributed by atoms with Gasteiger partial charge in [-0.15, -0.1) is 0 Å². The van der Waals surface area contributed by atoms with Gasteiger partial charge in [0.2, 0.25) is 0 Å². The second kappa shape index (κ2) is 6.53. The molecule has 2 aromatic rings. The topological polar surface area (TPSA) is 25.4 Å². The van der Waals surface area contributed by atoms with Crippen LogP contribution in [0.1, 0.15) is 43.0 Å². The normalized spacial score (nSPS) is 20.0. The lowest BCUT2D eigenvalue weighted by molar-refractivity contribution is 0.194. The van der Waals surface area contributed by atoms with Gasteiger partial charge in [-0.2, -0.15) is 0 Å². The fourth-order valence-corrected chi connectivity index (χ4v) is 3.45. The van der Waals surface area contributed by atoms with Crippen molar-refractivity contribution in [2.75, 3.05) is 13.7 Å². The number of rotatable bonds is 4. The first-order valence-electron chi connectivity index (χ1n) is 8.00. The van der Waals surface area contributed by atoms with Crippen LogP contribution < -0.4 is 10.2 Å². The van der Waals surface area contributed by atoms with Gasteiger partial charge < -0.3 is 4.74 Å². The van der Waals surface area contributed by atoms with Crippen LogP contribution in [0.5, 0.6) is 5.75 Å². The summed E-state index contributed by atoms with van der Waals surface area (Å²) >= 11 is 0. The molecule has 0 N–H and O–H groups in total. The molecule has 0 spiro atoms. The first-order valence-corrected chi connectivity index (χ1v) is 8.00. The summed E-state index contributed by atoms with van der Waals surface area (Å²) in [5, 5.41) is 0. The van der Waals surface area contributed by atoms with Crippen molar-refractivity contribution in [3.8, 4) is 5.75 Å². The van der Waals surface area contributed by atoms with Gasteiger partial charge in [0.05, 0.1) is 7.11 Å². The van der Waals surface area contributed by atoms with Gasteiger partial charge >= 0.3 is 0 Å². The SMILES string of the molecule is Bc1cncc([C@@H]2CCCN2[C@H](C)c2ccc(OC)cc2)c1. The summed E-state index contributed by atoms with van der Waals surface area (Å²) in [5.74, 6) is 0.914. The zero-order chi connectivity index (χ0) is 15.5. The number of hydrogen-bond acceptors (Lipinski definition) is 3. The van der Waals surface area contributed by atoms with Crippen LogP contribution in [0.4, 0.5) is 0 Å². The van der Waals surface area contributed by atoms with E-state index in [-0.39, 0.29) is 0 Å². The van der Waals surface area contributed by atoms with Crippen molar-refractivity contribution in [3.05, 3.63) is 53.9 Å². The molecule has 1 aliphatic rings. The Morgan fingerprint density at radius 3 is 2.73 bits per heavy atom. The Bertz CT molecular complexity index is 629. The second-order valence-electron chi connectivity index (χ2n) is 6.14. The molecule has 0 radical (unpaired) electrons. The van der Waals surface area contributed by atoms with Crippen LogP contribution in [0.3, 0.4) is 0 Å². The van der Waals surface area contributed by atoms with Crippen LogP contribution in [-0.2, 0) is 0 Å². The van der Waals surface area contributed by atoms with Crippen molar-refractivity contribution in [1.29, 1.82) is 0 Å². The summed E-state index contributed by atoms with van der Waals surface area (Å²) < 4.78 is 5.26. The van der Waals surface area contributed by atoms with Crippen LogP contribution in [-0.4, -0.2) is 31.4 Å². The maximum Gasteiger partial charge on any atom is 0.141 e. The third kappa shape index (κ3) is 3.02. The minimum absolute atomic E-state index is 0.402. The molecule has 2 atom stereocenters. The molecule has 0 saturated carbocycles. The first kappa shape index (κ1) is 15.1. The Balaban J connectivity index is 1.82. The lowest BCUT2D eigenvalue weighted by Gasteiger charge is -2.31. The Labute approximate surface area is 133 Å². The monoisotopic (exact) mass is 294 g/mol.